The lowest BCUT2D eigenvalue weighted by molar-refractivity contribution is 0.182. The Morgan fingerprint density at radius 3 is 2.90 bits per heavy atom. The molecule has 0 saturated heterocycles. The monoisotopic (exact) mass is 281 g/mol. The van der Waals surface area contributed by atoms with Crippen molar-refractivity contribution in [3.05, 3.63) is 60.5 Å². The van der Waals surface area contributed by atoms with Gasteiger partial charge in [0.2, 0.25) is 0 Å². The van der Waals surface area contributed by atoms with Crippen LogP contribution in [0.3, 0.4) is 0 Å². The topological polar surface area (TPSA) is 33.1 Å². The van der Waals surface area contributed by atoms with Crippen LogP contribution in [0.25, 0.3) is 16.8 Å². The maximum Gasteiger partial charge on any atom is 0.0632 e. The maximum atomic E-state index is 9.21. The fourth-order valence-corrected chi connectivity index (χ4v) is 2.33. The van der Waals surface area contributed by atoms with Gasteiger partial charge in [0.25, 0.3) is 0 Å². The third-order valence-corrected chi connectivity index (χ3v) is 3.47. The van der Waals surface area contributed by atoms with Gasteiger partial charge in [-0.1, -0.05) is 24.3 Å². The Bertz CT molecular complexity index is 628. The van der Waals surface area contributed by atoms with Gasteiger partial charge in [-0.3, -0.25) is 4.98 Å². The molecule has 0 aliphatic rings. The summed E-state index contributed by atoms with van der Waals surface area (Å²) in [6, 6.07) is 8.55. The Morgan fingerprint density at radius 2 is 2.14 bits per heavy atom. The van der Waals surface area contributed by atoms with E-state index in [4.69, 9.17) is 0 Å². The van der Waals surface area contributed by atoms with E-state index < -0.39 is 0 Å². The van der Waals surface area contributed by atoms with Crippen molar-refractivity contribution in [3.8, 4) is 0 Å². The highest BCUT2D eigenvalue weighted by atomic mass is 16.3. The predicted molar refractivity (Wildman–Crippen MR) is 90.2 cm³/mol. The van der Waals surface area contributed by atoms with Gasteiger partial charge in [-0.2, -0.15) is 0 Å². The van der Waals surface area contributed by atoms with E-state index in [0.717, 1.165) is 31.4 Å². The smallest absolute Gasteiger partial charge is 0.0632 e. The number of benzene rings is 1. The number of allylic oxidation sites excluding steroid dienone is 2. The molecule has 2 nitrogen and oxygen atoms in total. The Labute approximate surface area is 126 Å². The normalized spacial score (nSPS) is 12.9. The lowest BCUT2D eigenvalue weighted by Gasteiger charge is -2.03. The quantitative estimate of drug-likeness (QED) is 0.597. The van der Waals surface area contributed by atoms with Crippen LogP contribution in [0.5, 0.6) is 0 Å². The Hall–Kier alpha value is -1.93. The summed E-state index contributed by atoms with van der Waals surface area (Å²) in [6.45, 7) is 5.60. The number of pyridine rings is 1. The average Bonchev–Trinajstić information content (AvgIpc) is 2.47. The minimum absolute atomic E-state index is 0.207. The van der Waals surface area contributed by atoms with Gasteiger partial charge in [-0.25, -0.2) is 0 Å². The molecule has 0 fully saturated rings. The molecule has 0 aliphatic heterocycles. The fourth-order valence-electron chi connectivity index (χ4n) is 2.33. The molecule has 0 bridgehead atoms. The molecule has 1 atom stereocenters. The molecule has 2 rings (SSSR count). The Kier molecular flexibility index (Phi) is 5.70. The van der Waals surface area contributed by atoms with Crippen LogP contribution >= 0.6 is 0 Å². The molecule has 1 N–H and O–H groups in total. The summed E-state index contributed by atoms with van der Waals surface area (Å²) < 4.78 is 0. The van der Waals surface area contributed by atoms with Gasteiger partial charge in [-0.05, 0) is 61.8 Å². The van der Waals surface area contributed by atoms with E-state index >= 15 is 0 Å². The van der Waals surface area contributed by atoms with Crippen molar-refractivity contribution >= 4 is 16.8 Å². The van der Waals surface area contributed by atoms with Crippen LogP contribution in [0.2, 0.25) is 0 Å². The Balaban J connectivity index is 2.03. The van der Waals surface area contributed by atoms with Crippen molar-refractivity contribution in [2.45, 2.75) is 38.7 Å². The second-order valence-electron chi connectivity index (χ2n) is 5.47. The van der Waals surface area contributed by atoms with Gasteiger partial charge in [0.1, 0.15) is 0 Å². The third-order valence-electron chi connectivity index (χ3n) is 3.47. The molecule has 21 heavy (non-hydrogen) atoms. The van der Waals surface area contributed by atoms with Gasteiger partial charge in [-0.15, -0.1) is 6.58 Å². The van der Waals surface area contributed by atoms with Crippen LogP contribution in [0.1, 0.15) is 37.4 Å². The van der Waals surface area contributed by atoms with Gasteiger partial charge in [0.15, 0.2) is 0 Å². The predicted octanol–water partition coefficient (Wildman–Crippen LogP) is 4.53. The number of aromatic nitrogens is 1. The van der Waals surface area contributed by atoms with Gasteiger partial charge < -0.3 is 5.11 Å². The van der Waals surface area contributed by atoms with E-state index in [1.807, 2.05) is 19.2 Å². The molecular weight excluding hydrogens is 258 g/mol. The van der Waals surface area contributed by atoms with Crippen LogP contribution in [0.15, 0.2) is 49.2 Å². The maximum absolute atomic E-state index is 9.21. The van der Waals surface area contributed by atoms with E-state index in [0.29, 0.717) is 0 Å². The van der Waals surface area contributed by atoms with E-state index in [1.165, 1.54) is 16.3 Å². The molecule has 0 amide bonds. The van der Waals surface area contributed by atoms with Crippen molar-refractivity contribution in [1.82, 2.24) is 4.98 Å². The standard InChI is InChI=1S/C19H23NO/c1-3-7-16-10-11-17-13-19(20-14-18(17)12-16)9-6-4-5-8-15(2)21/h3,6,9-15,21H,1,4-5,7-8H2,2H3. The first-order valence-electron chi connectivity index (χ1n) is 7.53. The van der Waals surface area contributed by atoms with E-state index in [-0.39, 0.29) is 6.10 Å². The number of hydrogen-bond donors (Lipinski definition) is 1. The SMILES string of the molecule is C=CCc1ccc2cc(C=CCCCC(C)O)ncc2c1. The van der Waals surface area contributed by atoms with Gasteiger partial charge in [0, 0.05) is 11.6 Å². The molecule has 0 aliphatic carbocycles. The summed E-state index contributed by atoms with van der Waals surface area (Å²) in [5.74, 6) is 0. The summed E-state index contributed by atoms with van der Waals surface area (Å²) in [6.07, 6.45) is 11.5. The number of aliphatic hydroxyl groups excluding tert-OH is 1. The summed E-state index contributed by atoms with van der Waals surface area (Å²) in [5, 5.41) is 11.6. The third kappa shape index (κ3) is 4.83. The molecule has 0 spiro atoms. The number of nitrogens with zero attached hydrogens (tertiary/aromatic N) is 1. The zero-order chi connectivity index (χ0) is 15.1. The average molecular weight is 281 g/mol. The van der Waals surface area contributed by atoms with Crippen LogP contribution in [-0.4, -0.2) is 16.2 Å². The van der Waals surface area contributed by atoms with Gasteiger partial charge in [0.05, 0.1) is 11.8 Å². The highest BCUT2D eigenvalue weighted by Crippen LogP contribution is 2.17. The first kappa shape index (κ1) is 15.5. The molecule has 1 aromatic heterocycles. The lowest BCUT2D eigenvalue weighted by Crippen LogP contribution is -1.97. The number of hydrogen-bond acceptors (Lipinski definition) is 2. The zero-order valence-electron chi connectivity index (χ0n) is 12.6. The first-order chi connectivity index (χ1) is 10.2. The van der Waals surface area contributed by atoms with Gasteiger partial charge >= 0.3 is 0 Å². The molecule has 1 aromatic carbocycles. The minimum Gasteiger partial charge on any atom is -0.393 e. The van der Waals surface area contributed by atoms with Crippen molar-refractivity contribution in [2.24, 2.45) is 0 Å². The highest BCUT2D eigenvalue weighted by Gasteiger charge is 1.98. The van der Waals surface area contributed by atoms with E-state index in [1.54, 1.807) is 0 Å². The van der Waals surface area contributed by atoms with Crippen LogP contribution < -0.4 is 0 Å². The van der Waals surface area contributed by atoms with Crippen molar-refractivity contribution < 1.29 is 5.11 Å². The van der Waals surface area contributed by atoms with Crippen molar-refractivity contribution in [2.75, 3.05) is 0 Å². The second kappa shape index (κ2) is 7.75. The second-order valence-corrected chi connectivity index (χ2v) is 5.47. The molecule has 0 radical (unpaired) electrons. The van der Waals surface area contributed by atoms with Crippen molar-refractivity contribution in [1.29, 1.82) is 0 Å². The number of rotatable bonds is 7. The van der Waals surface area contributed by atoms with Crippen LogP contribution in [-0.2, 0) is 6.42 Å². The first-order valence-corrected chi connectivity index (χ1v) is 7.53. The van der Waals surface area contributed by atoms with Crippen LogP contribution in [0, 0.1) is 0 Å². The Morgan fingerprint density at radius 1 is 1.29 bits per heavy atom. The molecule has 1 heterocycles. The number of fused-ring (bicyclic) bond motifs is 1. The number of aliphatic hydroxyl groups is 1. The zero-order valence-corrected chi connectivity index (χ0v) is 12.6. The van der Waals surface area contributed by atoms with Crippen molar-refractivity contribution in [3.63, 3.8) is 0 Å². The molecule has 110 valence electrons. The minimum atomic E-state index is -0.207. The highest BCUT2D eigenvalue weighted by molar-refractivity contribution is 5.83. The van der Waals surface area contributed by atoms with E-state index in [2.05, 4.69) is 48.0 Å². The molecule has 2 heteroatoms. The van der Waals surface area contributed by atoms with E-state index in [9.17, 15) is 5.11 Å². The number of unbranched alkanes of at least 4 members (excludes halogenated alkanes) is 1. The molecule has 0 saturated carbocycles. The molecule has 2 aromatic rings. The molecule has 1 unspecified atom stereocenters. The lowest BCUT2D eigenvalue weighted by atomic mass is 10.1. The summed E-state index contributed by atoms with van der Waals surface area (Å²) in [7, 11) is 0. The summed E-state index contributed by atoms with van der Waals surface area (Å²) in [4.78, 5) is 4.48. The summed E-state index contributed by atoms with van der Waals surface area (Å²) in [5.41, 5.74) is 2.25. The molecular formula is C19H23NO. The van der Waals surface area contributed by atoms with Crippen LogP contribution in [0.4, 0.5) is 0 Å². The fraction of sp³-hybridized carbons (Fsp3) is 0.316. The summed E-state index contributed by atoms with van der Waals surface area (Å²) >= 11 is 0. The largest absolute Gasteiger partial charge is 0.393 e.